The number of aromatic nitrogens is 2. The van der Waals surface area contributed by atoms with Crippen LogP contribution in [0.5, 0.6) is 0 Å². The lowest BCUT2D eigenvalue weighted by atomic mass is 10.1. The molecular weight excluding hydrogens is 260 g/mol. The van der Waals surface area contributed by atoms with Gasteiger partial charge in [-0.1, -0.05) is 54.1 Å². The van der Waals surface area contributed by atoms with Gasteiger partial charge in [-0.25, -0.2) is 4.98 Å². The Morgan fingerprint density at radius 1 is 1.10 bits per heavy atom. The van der Waals surface area contributed by atoms with E-state index >= 15 is 0 Å². The van der Waals surface area contributed by atoms with E-state index in [9.17, 15) is 4.79 Å². The minimum Gasteiger partial charge on any atom is -0.319 e. The summed E-state index contributed by atoms with van der Waals surface area (Å²) in [7, 11) is 0. The molecule has 1 aromatic heterocycles. The summed E-state index contributed by atoms with van der Waals surface area (Å²) >= 11 is 0. The molecule has 2 aromatic carbocycles. The number of fused-ring (bicyclic) bond motifs is 1. The van der Waals surface area contributed by atoms with Gasteiger partial charge in [0, 0.05) is 6.42 Å². The maximum absolute atomic E-state index is 12.1. The molecule has 0 atom stereocenters. The van der Waals surface area contributed by atoms with Gasteiger partial charge in [0.1, 0.15) is 5.69 Å². The second kappa shape index (κ2) is 5.75. The fourth-order valence-electron chi connectivity index (χ4n) is 2.34. The summed E-state index contributed by atoms with van der Waals surface area (Å²) in [4.78, 5) is 19.4. The largest absolute Gasteiger partial charge is 0.319 e. The van der Waals surface area contributed by atoms with E-state index in [1.807, 2.05) is 61.5 Å². The molecule has 0 aliphatic carbocycles. The van der Waals surface area contributed by atoms with E-state index in [0.29, 0.717) is 12.1 Å². The Morgan fingerprint density at radius 3 is 2.62 bits per heavy atom. The number of benzene rings is 2. The number of hydrogen-bond acceptors (Lipinski definition) is 2. The monoisotopic (exact) mass is 276 g/mol. The smallest absolute Gasteiger partial charge is 0.270 e. The standard InChI is InChI=1S/C18H16N2O/c1-13(11-14-7-3-2-4-8-14)12-17-18(21)20-16-10-6-5-9-15(16)19-17/h2-11H,12H2,1H3,(H,20,21). The van der Waals surface area contributed by atoms with Gasteiger partial charge >= 0.3 is 0 Å². The third kappa shape index (κ3) is 3.08. The highest BCUT2D eigenvalue weighted by Gasteiger charge is 2.05. The topological polar surface area (TPSA) is 45.8 Å². The van der Waals surface area contributed by atoms with Gasteiger partial charge in [-0.15, -0.1) is 0 Å². The highest BCUT2D eigenvalue weighted by molar-refractivity contribution is 5.73. The summed E-state index contributed by atoms with van der Waals surface area (Å²) in [5, 5.41) is 0. The van der Waals surface area contributed by atoms with Gasteiger partial charge in [0.15, 0.2) is 0 Å². The van der Waals surface area contributed by atoms with Crippen molar-refractivity contribution < 1.29 is 0 Å². The maximum Gasteiger partial charge on any atom is 0.270 e. The fraction of sp³-hybridized carbons (Fsp3) is 0.111. The van der Waals surface area contributed by atoms with Crippen molar-refractivity contribution in [2.45, 2.75) is 13.3 Å². The highest BCUT2D eigenvalue weighted by Crippen LogP contribution is 2.11. The molecular formula is C18H16N2O. The summed E-state index contributed by atoms with van der Waals surface area (Å²) in [5.74, 6) is 0. The van der Waals surface area contributed by atoms with Crippen LogP contribution < -0.4 is 5.56 Å². The van der Waals surface area contributed by atoms with Crippen molar-refractivity contribution >= 4 is 17.1 Å². The SMILES string of the molecule is CC(=Cc1ccccc1)Cc1nc2ccccc2[nH]c1=O. The van der Waals surface area contributed by atoms with Crippen molar-refractivity contribution in [3.05, 3.63) is 81.8 Å². The third-order valence-corrected chi connectivity index (χ3v) is 3.33. The number of hydrogen-bond donors (Lipinski definition) is 1. The number of allylic oxidation sites excluding steroid dienone is 1. The van der Waals surface area contributed by atoms with Crippen LogP contribution in [0.1, 0.15) is 18.2 Å². The van der Waals surface area contributed by atoms with Crippen LogP contribution in [0.25, 0.3) is 17.1 Å². The Kier molecular flexibility index (Phi) is 3.65. The molecule has 0 radical (unpaired) electrons. The van der Waals surface area contributed by atoms with Crippen molar-refractivity contribution in [1.82, 2.24) is 9.97 Å². The first-order valence-corrected chi connectivity index (χ1v) is 6.92. The van der Waals surface area contributed by atoms with Gasteiger partial charge < -0.3 is 4.98 Å². The molecule has 0 aliphatic heterocycles. The Hall–Kier alpha value is -2.68. The molecule has 1 heterocycles. The van der Waals surface area contributed by atoms with Crippen molar-refractivity contribution in [3.8, 4) is 0 Å². The summed E-state index contributed by atoms with van der Waals surface area (Å²) in [6.07, 6.45) is 2.63. The van der Waals surface area contributed by atoms with E-state index < -0.39 is 0 Å². The maximum atomic E-state index is 12.1. The molecule has 1 N–H and O–H groups in total. The quantitative estimate of drug-likeness (QED) is 0.795. The predicted octanol–water partition coefficient (Wildman–Crippen LogP) is 3.57. The van der Waals surface area contributed by atoms with Gasteiger partial charge in [0.05, 0.1) is 11.0 Å². The number of H-pyrrole nitrogens is 1. The molecule has 0 saturated carbocycles. The van der Waals surface area contributed by atoms with Gasteiger partial charge in [0.2, 0.25) is 0 Å². The van der Waals surface area contributed by atoms with E-state index in [1.54, 1.807) is 0 Å². The molecule has 3 rings (SSSR count). The van der Waals surface area contributed by atoms with Gasteiger partial charge in [0.25, 0.3) is 5.56 Å². The van der Waals surface area contributed by atoms with E-state index in [1.165, 1.54) is 0 Å². The average molecular weight is 276 g/mol. The van der Waals surface area contributed by atoms with Gasteiger partial charge in [-0.05, 0) is 24.6 Å². The third-order valence-electron chi connectivity index (χ3n) is 3.33. The Bertz CT molecular complexity index is 848. The van der Waals surface area contributed by atoms with E-state index in [-0.39, 0.29) is 5.56 Å². The highest BCUT2D eigenvalue weighted by atomic mass is 16.1. The van der Waals surface area contributed by atoms with Crippen LogP contribution in [0.4, 0.5) is 0 Å². The molecule has 0 saturated heterocycles. The zero-order valence-corrected chi connectivity index (χ0v) is 11.8. The number of aromatic amines is 1. The van der Waals surface area contributed by atoms with Crippen molar-refractivity contribution in [1.29, 1.82) is 0 Å². The van der Waals surface area contributed by atoms with Crippen LogP contribution in [0.2, 0.25) is 0 Å². The van der Waals surface area contributed by atoms with Crippen molar-refractivity contribution in [3.63, 3.8) is 0 Å². The van der Waals surface area contributed by atoms with Crippen LogP contribution >= 0.6 is 0 Å². The first-order valence-electron chi connectivity index (χ1n) is 6.92. The molecule has 0 fully saturated rings. The van der Waals surface area contributed by atoms with Crippen LogP contribution in [0.15, 0.2) is 65.0 Å². The fourth-order valence-corrected chi connectivity index (χ4v) is 2.34. The minimum absolute atomic E-state index is 0.116. The zero-order valence-electron chi connectivity index (χ0n) is 11.8. The molecule has 104 valence electrons. The van der Waals surface area contributed by atoms with Crippen LogP contribution in [0.3, 0.4) is 0 Å². The summed E-state index contributed by atoms with van der Waals surface area (Å²) in [5.41, 5.74) is 4.27. The molecule has 3 heteroatoms. The lowest BCUT2D eigenvalue weighted by molar-refractivity contribution is 1.01. The number of nitrogens with zero attached hydrogens (tertiary/aromatic N) is 1. The van der Waals surface area contributed by atoms with Crippen molar-refractivity contribution in [2.24, 2.45) is 0 Å². The van der Waals surface area contributed by atoms with Gasteiger partial charge in [-0.3, -0.25) is 4.79 Å². The predicted molar refractivity (Wildman–Crippen MR) is 86.2 cm³/mol. The number of nitrogens with one attached hydrogen (secondary N) is 1. The Labute approximate surface area is 123 Å². The Balaban J connectivity index is 1.93. The normalized spacial score (nSPS) is 11.8. The molecule has 0 spiro atoms. The van der Waals surface area contributed by atoms with E-state index in [2.05, 4.69) is 16.0 Å². The second-order valence-electron chi connectivity index (χ2n) is 5.11. The number of para-hydroxylation sites is 2. The lowest BCUT2D eigenvalue weighted by Crippen LogP contribution is -2.15. The summed E-state index contributed by atoms with van der Waals surface area (Å²) in [6, 6.07) is 17.7. The number of rotatable bonds is 3. The molecule has 21 heavy (non-hydrogen) atoms. The molecule has 0 unspecified atom stereocenters. The molecule has 0 aliphatic rings. The second-order valence-corrected chi connectivity index (χ2v) is 5.11. The van der Waals surface area contributed by atoms with E-state index in [4.69, 9.17) is 0 Å². The van der Waals surface area contributed by atoms with Gasteiger partial charge in [-0.2, -0.15) is 0 Å². The van der Waals surface area contributed by atoms with Crippen LogP contribution in [0, 0.1) is 0 Å². The molecule has 0 bridgehead atoms. The summed E-state index contributed by atoms with van der Waals surface area (Å²) in [6.45, 7) is 2.02. The van der Waals surface area contributed by atoms with Crippen LogP contribution in [-0.4, -0.2) is 9.97 Å². The minimum atomic E-state index is -0.116. The molecule has 3 nitrogen and oxygen atoms in total. The Morgan fingerprint density at radius 2 is 1.81 bits per heavy atom. The molecule has 0 amide bonds. The lowest BCUT2D eigenvalue weighted by Gasteiger charge is -2.03. The first-order chi connectivity index (χ1) is 10.2. The first kappa shape index (κ1) is 13.3. The zero-order chi connectivity index (χ0) is 14.7. The van der Waals surface area contributed by atoms with Crippen molar-refractivity contribution in [2.75, 3.05) is 0 Å². The molecule has 3 aromatic rings. The average Bonchev–Trinajstić information content (AvgIpc) is 2.49. The van der Waals surface area contributed by atoms with E-state index in [0.717, 1.165) is 22.2 Å². The van der Waals surface area contributed by atoms with Crippen LogP contribution in [-0.2, 0) is 6.42 Å². The summed E-state index contributed by atoms with van der Waals surface area (Å²) < 4.78 is 0.